The van der Waals surface area contributed by atoms with Crippen LogP contribution in [-0.4, -0.2) is 35.0 Å². The first-order valence-electron chi connectivity index (χ1n) is 2.13. The number of halogens is 5. The molecule has 10 heteroatoms. The fourth-order valence-electron chi connectivity index (χ4n) is 0. The van der Waals surface area contributed by atoms with Gasteiger partial charge >= 0.3 is 61.3 Å². The van der Waals surface area contributed by atoms with E-state index in [9.17, 15) is 4.79 Å². The standard InChI is InChI=1S/C2H5NO2.Al.5ClH.Zr.3H/c3-1-2(4)5;;;;;;;;;;/h1,3H2,(H,4,5);;5*1H;;;;/q;;;;;;;+5;;;/p-5. The van der Waals surface area contributed by atoms with Crippen LogP contribution in [0.4, 0.5) is 0 Å². The van der Waals surface area contributed by atoms with E-state index in [-0.39, 0.29) is 23.9 Å². The zero-order chi connectivity index (χ0) is 9.73. The molecule has 0 fully saturated rings. The molecule has 12 heavy (non-hydrogen) atoms. The maximum absolute atomic E-state index is 9.24. The van der Waals surface area contributed by atoms with Crippen LogP contribution in [0, 0.1) is 0 Å². The molecule has 0 aromatic heterocycles. The summed E-state index contributed by atoms with van der Waals surface area (Å²) in [5.74, 6) is -0.968. The summed E-state index contributed by atoms with van der Waals surface area (Å²) >= 11 is -4.40. The Kier molecular flexibility index (Phi) is 12.5. The van der Waals surface area contributed by atoms with Gasteiger partial charge in [0, 0.05) is 0 Å². The van der Waals surface area contributed by atoms with Crippen LogP contribution in [0.15, 0.2) is 0 Å². The van der Waals surface area contributed by atoms with Gasteiger partial charge in [-0.05, 0) is 0 Å². The molecular weight excluding hydrogens is 365 g/mol. The Balaban J connectivity index is -0.000000126. The van der Waals surface area contributed by atoms with Gasteiger partial charge in [0.15, 0.2) is 17.4 Å². The van der Waals surface area contributed by atoms with E-state index in [0.29, 0.717) is 0 Å². The van der Waals surface area contributed by atoms with E-state index in [1.165, 1.54) is 0 Å². The Morgan fingerprint density at radius 2 is 1.33 bits per heavy atom. The van der Waals surface area contributed by atoms with Crippen molar-refractivity contribution < 1.29 is 22.7 Å². The molecule has 0 heterocycles. The fourth-order valence-corrected chi connectivity index (χ4v) is 0. The van der Waals surface area contributed by atoms with E-state index in [1.807, 2.05) is 0 Å². The van der Waals surface area contributed by atoms with Crippen molar-refractivity contribution in [1.29, 1.82) is 0 Å². The molecule has 0 unspecified atom stereocenters. The molecule has 0 aliphatic heterocycles. The van der Waals surface area contributed by atoms with Crippen molar-refractivity contribution in [3.8, 4) is 0 Å². The summed E-state index contributed by atoms with van der Waals surface area (Å²) < 4.78 is 0. The average Bonchev–Trinajstić information content (AvgIpc) is 1.59. The molecule has 0 atom stereocenters. The van der Waals surface area contributed by atoms with Gasteiger partial charge in [0.05, 0.1) is 6.54 Å². The van der Waals surface area contributed by atoms with E-state index in [1.54, 1.807) is 0 Å². The third-order valence-electron chi connectivity index (χ3n) is 0.175. The second kappa shape index (κ2) is 7.57. The van der Waals surface area contributed by atoms with Crippen LogP contribution in [0.5, 0.6) is 0 Å². The molecule has 0 bridgehead atoms. The molecule has 0 amide bonds. The molecular formula is C2H8AlCl5NO2Zr. The number of rotatable bonds is 1. The average molecular weight is 374 g/mol. The number of aliphatic carboxylic acids is 1. The Bertz CT molecular complexity index is 129. The van der Waals surface area contributed by atoms with Gasteiger partial charge in [-0.3, -0.25) is 4.79 Å². The van der Waals surface area contributed by atoms with Crippen molar-refractivity contribution in [3.63, 3.8) is 0 Å². The first-order chi connectivity index (χ1) is 4.51. The van der Waals surface area contributed by atoms with Crippen LogP contribution in [0.2, 0.25) is 0 Å². The Hall–Kier alpha value is 2.30. The number of hydrogen-bond donors (Lipinski definition) is 2. The van der Waals surface area contributed by atoms with Gasteiger partial charge in [-0.1, -0.05) is 0 Å². The Morgan fingerprint density at radius 3 is 1.33 bits per heavy atom. The van der Waals surface area contributed by atoms with Crippen molar-refractivity contribution in [2.24, 2.45) is 5.73 Å². The van der Waals surface area contributed by atoms with Crippen molar-refractivity contribution in [2.45, 2.75) is 0 Å². The van der Waals surface area contributed by atoms with Crippen LogP contribution < -0.4 is 5.73 Å². The second-order valence-corrected chi connectivity index (χ2v) is 38.6. The number of carboxylic acids is 1. The SMILES string of the molecule is NCC(=O)O.[AlH3].[Cl][Zr]([Cl])([Cl])([Cl])[Cl]. The first kappa shape index (κ1) is 19.8. The van der Waals surface area contributed by atoms with E-state index >= 15 is 0 Å². The van der Waals surface area contributed by atoms with E-state index in [0.717, 1.165) is 0 Å². The van der Waals surface area contributed by atoms with Crippen molar-refractivity contribution in [1.82, 2.24) is 0 Å². The molecule has 0 saturated carbocycles. The third kappa shape index (κ3) is 85.0. The van der Waals surface area contributed by atoms with Gasteiger partial charge in [0.25, 0.3) is 0 Å². The van der Waals surface area contributed by atoms with E-state index in [4.69, 9.17) is 47.7 Å². The summed E-state index contributed by atoms with van der Waals surface area (Å²) in [5, 5.41) is 7.60. The monoisotopic (exact) mass is 370 g/mol. The van der Waals surface area contributed by atoms with E-state index in [2.05, 4.69) is 5.73 Å². The minimum atomic E-state index is -4.40. The van der Waals surface area contributed by atoms with Crippen LogP contribution >= 0.6 is 42.6 Å². The van der Waals surface area contributed by atoms with E-state index < -0.39 is 18.8 Å². The van der Waals surface area contributed by atoms with Gasteiger partial charge in [-0.25, -0.2) is 0 Å². The first-order valence-corrected chi connectivity index (χ1v) is 18.0. The predicted octanol–water partition coefficient (Wildman–Crippen LogP) is 1.29. The molecule has 3 N–H and O–H groups in total. The quantitative estimate of drug-likeness (QED) is 0.681. The van der Waals surface area contributed by atoms with Crippen LogP contribution in [-0.2, 0) is 17.6 Å². The number of hydrogen-bond acceptors (Lipinski definition) is 2. The number of nitrogens with two attached hydrogens (primary N) is 1. The molecule has 0 aromatic carbocycles. The van der Waals surface area contributed by atoms with Crippen molar-refractivity contribution >= 4 is 65.9 Å². The molecule has 0 spiro atoms. The summed E-state index contributed by atoms with van der Waals surface area (Å²) in [6, 6.07) is 0. The summed E-state index contributed by atoms with van der Waals surface area (Å²) in [4.78, 5) is 9.24. The van der Waals surface area contributed by atoms with Gasteiger partial charge < -0.3 is 10.8 Å². The van der Waals surface area contributed by atoms with Crippen LogP contribution in [0.1, 0.15) is 0 Å². The van der Waals surface area contributed by atoms with Crippen molar-refractivity contribution in [3.05, 3.63) is 0 Å². The van der Waals surface area contributed by atoms with Gasteiger partial charge in [0.2, 0.25) is 0 Å². The summed E-state index contributed by atoms with van der Waals surface area (Å²) in [6.45, 7) is -0.278. The fraction of sp³-hybridized carbons (Fsp3) is 0.500. The molecule has 0 aromatic rings. The topological polar surface area (TPSA) is 63.3 Å². The number of carboxylic acid groups (broad SMARTS) is 1. The molecule has 0 rings (SSSR count). The Labute approximate surface area is 99.4 Å². The van der Waals surface area contributed by atoms with Crippen LogP contribution in [0.3, 0.4) is 0 Å². The van der Waals surface area contributed by atoms with Gasteiger partial charge in [0.1, 0.15) is 0 Å². The zero-order valence-electron chi connectivity index (χ0n) is 5.03. The van der Waals surface area contributed by atoms with Gasteiger partial charge in [-0.15, -0.1) is 0 Å². The zero-order valence-corrected chi connectivity index (χ0v) is 11.3. The van der Waals surface area contributed by atoms with Crippen LogP contribution in [0.25, 0.3) is 0 Å². The maximum atomic E-state index is 9.24. The molecule has 3 nitrogen and oxygen atoms in total. The third-order valence-corrected chi connectivity index (χ3v) is 0.175. The molecule has 0 radical (unpaired) electrons. The normalized spacial score (nSPS) is 12.7. The molecule has 0 saturated heterocycles. The predicted molar refractivity (Wildman–Crippen MR) is 55.9 cm³/mol. The van der Waals surface area contributed by atoms with Gasteiger partial charge in [-0.2, -0.15) is 0 Å². The Morgan fingerprint density at radius 1 is 1.25 bits per heavy atom. The summed E-state index contributed by atoms with van der Waals surface area (Å²) in [5.41, 5.74) is 4.57. The summed E-state index contributed by atoms with van der Waals surface area (Å²) in [7, 11) is 25.3. The minimum absolute atomic E-state index is 0. The molecule has 0 aliphatic rings. The second-order valence-electron chi connectivity index (χ2n) is 1.31. The molecule has 75 valence electrons. The summed E-state index contributed by atoms with van der Waals surface area (Å²) in [6.07, 6.45) is 0. The number of carbonyl (C=O) groups is 1. The van der Waals surface area contributed by atoms with Crippen molar-refractivity contribution in [2.75, 3.05) is 6.54 Å². The molecule has 0 aliphatic carbocycles.